The van der Waals surface area contributed by atoms with Gasteiger partial charge in [-0.3, -0.25) is 0 Å². The molecule has 1 unspecified atom stereocenters. The van der Waals surface area contributed by atoms with Gasteiger partial charge in [0.1, 0.15) is 6.61 Å². The molecule has 0 spiro atoms. The van der Waals surface area contributed by atoms with E-state index in [-0.39, 0.29) is 5.66 Å². The van der Waals surface area contributed by atoms with Gasteiger partial charge in [0.15, 0.2) is 5.66 Å². The highest BCUT2D eigenvalue weighted by molar-refractivity contribution is 7.39. The summed E-state index contributed by atoms with van der Waals surface area (Å²) < 4.78 is 16.0. The van der Waals surface area contributed by atoms with Crippen LogP contribution in [0.5, 0.6) is 0 Å². The molecule has 0 aromatic rings. The summed E-state index contributed by atoms with van der Waals surface area (Å²) in [5.74, 6) is 0. The van der Waals surface area contributed by atoms with E-state index in [4.69, 9.17) is 4.52 Å². The first-order chi connectivity index (χ1) is 4.68. The largest absolute Gasteiger partial charge is 0.510 e. The second-order valence-electron chi connectivity index (χ2n) is 2.57. The molecule has 0 aromatic heterocycles. The molecule has 0 aromatic carbocycles. The highest BCUT2D eigenvalue weighted by atomic mass is 31.1. The molecule has 0 amide bonds. The Bertz CT molecular complexity index is 102. The van der Waals surface area contributed by atoms with E-state index in [1.165, 1.54) is 0 Å². The van der Waals surface area contributed by atoms with Gasteiger partial charge in [-0.05, 0) is 24.8 Å². The summed E-state index contributed by atoms with van der Waals surface area (Å²) in [4.78, 5) is 0. The van der Waals surface area contributed by atoms with E-state index in [0.717, 1.165) is 12.8 Å². The number of hydrogen-bond donors (Lipinski definition) is 0. The van der Waals surface area contributed by atoms with Gasteiger partial charge in [0.05, 0.1) is 0 Å². The van der Waals surface area contributed by atoms with Crippen LogP contribution in [-0.2, 0) is 9.09 Å². The third-order valence-electron chi connectivity index (χ3n) is 1.14. The van der Waals surface area contributed by atoms with Crippen LogP contribution in [0.2, 0.25) is 0 Å². The van der Waals surface area contributed by atoms with E-state index in [1.54, 1.807) is 0 Å². The van der Waals surface area contributed by atoms with Crippen LogP contribution in [0.1, 0.15) is 33.6 Å². The van der Waals surface area contributed by atoms with Crippen molar-refractivity contribution in [2.24, 2.45) is 0 Å². The fourth-order valence-electron chi connectivity index (χ4n) is 0.448. The molecule has 1 atom stereocenters. The predicted molar refractivity (Wildman–Crippen MR) is 43.6 cm³/mol. The first-order valence-corrected chi connectivity index (χ1v) is 5.02. The van der Waals surface area contributed by atoms with E-state index < -0.39 is 8.03 Å². The number of unbranched alkanes of at least 4 members (excludes halogenated alkanes) is 1. The minimum absolute atomic E-state index is 0.159. The van der Waals surface area contributed by atoms with E-state index in [2.05, 4.69) is 6.92 Å². The maximum Gasteiger partial charge on any atom is 0.510 e. The molecule has 0 aliphatic carbocycles. The van der Waals surface area contributed by atoms with Gasteiger partial charge in [0.2, 0.25) is 0 Å². The van der Waals surface area contributed by atoms with Gasteiger partial charge >= 0.3 is 8.03 Å². The zero-order chi connectivity index (χ0) is 7.98. The monoisotopic (exact) mass is 163 g/mol. The molecule has 0 heterocycles. The molecule has 0 aliphatic rings. The Kier molecular flexibility index (Phi) is 5.85. The van der Waals surface area contributed by atoms with Gasteiger partial charge in [-0.25, -0.2) is 0 Å². The molecule has 3 heteroatoms. The molecule has 2 nitrogen and oxygen atoms in total. The Morgan fingerprint density at radius 1 is 1.50 bits per heavy atom. The van der Waals surface area contributed by atoms with Crippen LogP contribution >= 0.6 is 8.03 Å². The smallest absolute Gasteiger partial charge is 0.146 e. The van der Waals surface area contributed by atoms with Crippen LogP contribution in [0.25, 0.3) is 0 Å². The summed E-state index contributed by atoms with van der Waals surface area (Å²) in [7, 11) is -1.40. The van der Waals surface area contributed by atoms with Crippen LogP contribution in [0.4, 0.5) is 0 Å². The third kappa shape index (κ3) is 4.89. The minimum atomic E-state index is -1.40. The van der Waals surface area contributed by atoms with Crippen LogP contribution in [0, 0.1) is 0 Å². The van der Waals surface area contributed by atoms with Gasteiger partial charge < -0.3 is 0 Å². The molecule has 60 valence electrons. The van der Waals surface area contributed by atoms with Crippen molar-refractivity contribution in [2.75, 3.05) is 6.61 Å². The standard InChI is InChI=1S/C7H16O2P/c1-4-5-6-9-10(8)7(2)3/h7H,4-6H2,1-3H3/q+1. The zero-order valence-corrected chi connectivity index (χ0v) is 7.86. The van der Waals surface area contributed by atoms with Crippen molar-refractivity contribution in [3.63, 3.8) is 0 Å². The maximum absolute atomic E-state index is 10.9. The Labute approximate surface area is 63.8 Å². The molecule has 0 rings (SSSR count). The number of hydrogen-bond acceptors (Lipinski definition) is 2. The van der Waals surface area contributed by atoms with Crippen LogP contribution in [0.3, 0.4) is 0 Å². The van der Waals surface area contributed by atoms with Gasteiger partial charge in [0, 0.05) is 0 Å². The maximum atomic E-state index is 10.9. The Morgan fingerprint density at radius 2 is 2.10 bits per heavy atom. The van der Waals surface area contributed by atoms with Crippen LogP contribution < -0.4 is 0 Å². The summed E-state index contributed by atoms with van der Waals surface area (Å²) in [5, 5.41) is 0. The summed E-state index contributed by atoms with van der Waals surface area (Å²) >= 11 is 0. The number of rotatable bonds is 5. The minimum Gasteiger partial charge on any atom is -0.146 e. The topological polar surface area (TPSA) is 26.3 Å². The SMILES string of the molecule is CCCCO[P+](=O)C(C)C. The lowest BCUT2D eigenvalue weighted by Crippen LogP contribution is -1.92. The molecular formula is C7H16O2P+. The lowest BCUT2D eigenvalue weighted by atomic mass is 10.4. The molecule has 0 fully saturated rings. The third-order valence-corrected chi connectivity index (χ3v) is 2.42. The molecule has 10 heavy (non-hydrogen) atoms. The van der Waals surface area contributed by atoms with Gasteiger partial charge in [0.25, 0.3) is 0 Å². The van der Waals surface area contributed by atoms with Gasteiger partial charge in [-0.15, -0.1) is 4.52 Å². The van der Waals surface area contributed by atoms with Crippen LogP contribution in [-0.4, -0.2) is 12.3 Å². The fourth-order valence-corrected chi connectivity index (χ4v) is 1.06. The quantitative estimate of drug-likeness (QED) is 0.460. The van der Waals surface area contributed by atoms with Crippen molar-refractivity contribution in [3.05, 3.63) is 0 Å². The van der Waals surface area contributed by atoms with E-state index in [9.17, 15) is 4.57 Å². The van der Waals surface area contributed by atoms with Crippen molar-refractivity contribution in [3.8, 4) is 0 Å². The fraction of sp³-hybridized carbons (Fsp3) is 1.00. The molecule has 0 N–H and O–H groups in total. The summed E-state index contributed by atoms with van der Waals surface area (Å²) in [6.07, 6.45) is 2.11. The summed E-state index contributed by atoms with van der Waals surface area (Å²) in [5.41, 5.74) is 0.159. The Morgan fingerprint density at radius 3 is 2.50 bits per heavy atom. The molecule has 0 aliphatic heterocycles. The van der Waals surface area contributed by atoms with Crippen molar-refractivity contribution in [2.45, 2.75) is 39.3 Å². The molecule has 0 saturated carbocycles. The van der Waals surface area contributed by atoms with Gasteiger partial charge in [-0.1, -0.05) is 13.3 Å². The average molecular weight is 163 g/mol. The molecule has 0 saturated heterocycles. The lowest BCUT2D eigenvalue weighted by molar-refractivity contribution is 0.317. The normalized spacial score (nSPS) is 12.2. The van der Waals surface area contributed by atoms with E-state index in [0.29, 0.717) is 6.61 Å². The lowest BCUT2D eigenvalue weighted by Gasteiger charge is -1.90. The van der Waals surface area contributed by atoms with Crippen molar-refractivity contribution >= 4 is 8.03 Å². The first kappa shape index (κ1) is 10.1. The molecular weight excluding hydrogens is 147 g/mol. The van der Waals surface area contributed by atoms with Crippen molar-refractivity contribution < 1.29 is 9.09 Å². The summed E-state index contributed by atoms with van der Waals surface area (Å²) in [6, 6.07) is 0. The Balaban J connectivity index is 3.22. The van der Waals surface area contributed by atoms with Crippen molar-refractivity contribution in [1.82, 2.24) is 0 Å². The summed E-state index contributed by atoms with van der Waals surface area (Å²) in [6.45, 7) is 6.55. The second-order valence-corrected chi connectivity index (χ2v) is 4.43. The van der Waals surface area contributed by atoms with Crippen molar-refractivity contribution in [1.29, 1.82) is 0 Å². The predicted octanol–water partition coefficient (Wildman–Crippen LogP) is 2.95. The second kappa shape index (κ2) is 5.82. The van der Waals surface area contributed by atoms with E-state index >= 15 is 0 Å². The Hall–Kier alpha value is 0.0600. The van der Waals surface area contributed by atoms with E-state index in [1.807, 2.05) is 13.8 Å². The highest BCUT2D eigenvalue weighted by Gasteiger charge is 2.21. The van der Waals surface area contributed by atoms with Gasteiger partial charge in [-0.2, -0.15) is 0 Å². The highest BCUT2D eigenvalue weighted by Crippen LogP contribution is 2.28. The van der Waals surface area contributed by atoms with Crippen LogP contribution in [0.15, 0.2) is 0 Å². The molecule has 0 radical (unpaired) electrons. The zero-order valence-electron chi connectivity index (χ0n) is 6.96. The average Bonchev–Trinajstić information content (AvgIpc) is 1.88. The molecule has 0 bridgehead atoms. The first-order valence-electron chi connectivity index (χ1n) is 3.77.